The molecule has 25 heavy (non-hydrogen) atoms. The third-order valence-electron chi connectivity index (χ3n) is 3.58. The van der Waals surface area contributed by atoms with Crippen LogP contribution in [-0.4, -0.2) is 26.2 Å². The van der Waals surface area contributed by atoms with E-state index in [1.807, 2.05) is 13.0 Å². The Morgan fingerprint density at radius 2 is 1.68 bits per heavy atom. The lowest BCUT2D eigenvalue weighted by atomic mass is 10.2. The molecule has 2 aromatic carbocycles. The summed E-state index contributed by atoms with van der Waals surface area (Å²) < 4.78 is 27.0. The lowest BCUT2D eigenvalue weighted by molar-refractivity contribution is -0.117. The number of benzene rings is 2. The molecule has 1 atom stereocenters. The highest BCUT2D eigenvalue weighted by Gasteiger charge is 2.22. The van der Waals surface area contributed by atoms with Gasteiger partial charge < -0.3 is 5.32 Å². The third-order valence-corrected chi connectivity index (χ3v) is 5.14. The minimum atomic E-state index is -3.87. The summed E-state index contributed by atoms with van der Waals surface area (Å²) in [5.41, 5.74) is 2.00. The number of hydrogen-bond acceptors (Lipinski definition) is 4. The maximum atomic E-state index is 12.4. The van der Waals surface area contributed by atoms with Crippen LogP contribution in [0.15, 0.2) is 53.4 Å². The Balaban J connectivity index is 2.08. The maximum absolute atomic E-state index is 12.4. The largest absolute Gasteiger partial charge is 0.325 e. The van der Waals surface area contributed by atoms with Crippen LogP contribution in [0.25, 0.3) is 0 Å². The fourth-order valence-corrected chi connectivity index (χ4v) is 3.40. The molecule has 7 heteroatoms. The fourth-order valence-electron chi connectivity index (χ4n) is 2.20. The van der Waals surface area contributed by atoms with Crippen LogP contribution in [0, 0.1) is 6.92 Å². The number of sulfonamides is 1. The van der Waals surface area contributed by atoms with Gasteiger partial charge in [0.15, 0.2) is 5.78 Å². The van der Waals surface area contributed by atoms with Gasteiger partial charge in [-0.2, -0.15) is 4.72 Å². The van der Waals surface area contributed by atoms with E-state index >= 15 is 0 Å². The van der Waals surface area contributed by atoms with Crippen LogP contribution in [-0.2, 0) is 14.8 Å². The molecule has 0 aromatic heterocycles. The SMILES string of the molecule is CC(=O)c1ccc(S(=O)(=O)N[C@@H](C)C(=O)Nc2cccc(C)c2)cc1. The Hall–Kier alpha value is -2.51. The zero-order valence-corrected chi connectivity index (χ0v) is 15.1. The minimum Gasteiger partial charge on any atom is -0.325 e. The smallest absolute Gasteiger partial charge is 0.242 e. The minimum absolute atomic E-state index is 0.00675. The molecule has 0 aliphatic rings. The molecule has 0 unspecified atom stereocenters. The molecular weight excluding hydrogens is 340 g/mol. The van der Waals surface area contributed by atoms with Crippen LogP contribution in [0.5, 0.6) is 0 Å². The maximum Gasteiger partial charge on any atom is 0.242 e. The van der Waals surface area contributed by atoms with Gasteiger partial charge in [-0.05, 0) is 50.6 Å². The molecule has 0 aliphatic heterocycles. The first-order chi connectivity index (χ1) is 11.7. The molecule has 2 aromatic rings. The first-order valence-electron chi connectivity index (χ1n) is 7.70. The van der Waals surface area contributed by atoms with E-state index in [0.717, 1.165) is 5.56 Å². The van der Waals surface area contributed by atoms with E-state index in [9.17, 15) is 18.0 Å². The molecule has 0 saturated heterocycles. The van der Waals surface area contributed by atoms with Gasteiger partial charge in [0.05, 0.1) is 10.9 Å². The van der Waals surface area contributed by atoms with Crippen LogP contribution >= 0.6 is 0 Å². The zero-order valence-electron chi connectivity index (χ0n) is 14.2. The number of ketones is 1. The van der Waals surface area contributed by atoms with Crippen LogP contribution in [0.1, 0.15) is 29.8 Å². The topological polar surface area (TPSA) is 92.3 Å². The lowest BCUT2D eigenvalue weighted by Crippen LogP contribution is -2.41. The average Bonchev–Trinajstić information content (AvgIpc) is 2.54. The quantitative estimate of drug-likeness (QED) is 0.774. The summed E-state index contributed by atoms with van der Waals surface area (Å²) in [7, 11) is -3.87. The monoisotopic (exact) mass is 360 g/mol. The Bertz CT molecular complexity index is 890. The average molecular weight is 360 g/mol. The number of rotatable bonds is 6. The highest BCUT2D eigenvalue weighted by Crippen LogP contribution is 2.13. The Morgan fingerprint density at radius 3 is 2.24 bits per heavy atom. The highest BCUT2D eigenvalue weighted by atomic mass is 32.2. The van der Waals surface area contributed by atoms with Crippen LogP contribution in [0.4, 0.5) is 5.69 Å². The van der Waals surface area contributed by atoms with Gasteiger partial charge in [-0.25, -0.2) is 8.42 Å². The second kappa shape index (κ2) is 7.58. The first kappa shape index (κ1) is 18.8. The van der Waals surface area contributed by atoms with Crippen molar-refractivity contribution in [3.8, 4) is 0 Å². The molecule has 0 heterocycles. The standard InChI is InChI=1S/C18H20N2O4S/c1-12-5-4-6-16(11-12)19-18(22)13(2)20-25(23,24)17-9-7-15(8-10-17)14(3)21/h4-11,13,20H,1-3H3,(H,19,22)/t13-/m0/s1. The second-order valence-corrected chi connectivity index (χ2v) is 7.50. The number of Topliss-reactive ketones (excluding diaryl/α,β-unsaturated/α-hetero) is 1. The number of aryl methyl sites for hydroxylation is 1. The molecule has 0 saturated carbocycles. The van der Waals surface area contributed by atoms with E-state index in [2.05, 4.69) is 10.0 Å². The van der Waals surface area contributed by atoms with E-state index in [1.54, 1.807) is 18.2 Å². The van der Waals surface area contributed by atoms with Crippen molar-refractivity contribution in [3.63, 3.8) is 0 Å². The summed E-state index contributed by atoms with van der Waals surface area (Å²) >= 11 is 0. The zero-order chi connectivity index (χ0) is 18.6. The van der Waals surface area contributed by atoms with Gasteiger partial charge in [0, 0.05) is 11.3 Å². The number of nitrogens with one attached hydrogen (secondary N) is 2. The van der Waals surface area contributed by atoms with Crippen LogP contribution in [0.3, 0.4) is 0 Å². The number of carbonyl (C=O) groups is 2. The van der Waals surface area contributed by atoms with E-state index < -0.39 is 22.0 Å². The van der Waals surface area contributed by atoms with Gasteiger partial charge in [-0.1, -0.05) is 24.3 Å². The van der Waals surface area contributed by atoms with E-state index in [0.29, 0.717) is 11.3 Å². The molecule has 6 nitrogen and oxygen atoms in total. The van der Waals surface area contributed by atoms with Crippen molar-refractivity contribution in [1.82, 2.24) is 4.72 Å². The Kier molecular flexibility index (Phi) is 5.71. The summed E-state index contributed by atoms with van der Waals surface area (Å²) in [6.07, 6.45) is 0. The van der Waals surface area contributed by atoms with Crippen molar-refractivity contribution in [3.05, 3.63) is 59.7 Å². The van der Waals surface area contributed by atoms with E-state index in [4.69, 9.17) is 0 Å². The van der Waals surface area contributed by atoms with Gasteiger partial charge in [0.25, 0.3) is 0 Å². The lowest BCUT2D eigenvalue weighted by Gasteiger charge is -2.15. The van der Waals surface area contributed by atoms with Crippen molar-refractivity contribution in [1.29, 1.82) is 0 Å². The summed E-state index contributed by atoms with van der Waals surface area (Å²) in [4.78, 5) is 23.4. The Labute approximate surface area is 147 Å². The number of anilines is 1. The summed E-state index contributed by atoms with van der Waals surface area (Å²) in [5, 5.41) is 2.67. The first-order valence-corrected chi connectivity index (χ1v) is 9.18. The van der Waals surface area contributed by atoms with Crippen molar-refractivity contribution in [2.24, 2.45) is 0 Å². The third kappa shape index (κ3) is 4.98. The Morgan fingerprint density at radius 1 is 1.04 bits per heavy atom. The van der Waals surface area contributed by atoms with Gasteiger partial charge in [-0.15, -0.1) is 0 Å². The molecule has 132 valence electrons. The summed E-state index contributed by atoms with van der Waals surface area (Å²) in [6.45, 7) is 4.76. The number of carbonyl (C=O) groups excluding carboxylic acids is 2. The predicted molar refractivity (Wildman–Crippen MR) is 96.0 cm³/mol. The van der Waals surface area contributed by atoms with Crippen molar-refractivity contribution < 1.29 is 18.0 Å². The van der Waals surface area contributed by atoms with Gasteiger partial charge in [0.2, 0.25) is 15.9 Å². The molecule has 2 N–H and O–H groups in total. The van der Waals surface area contributed by atoms with Crippen LogP contribution in [0.2, 0.25) is 0 Å². The van der Waals surface area contributed by atoms with Crippen molar-refractivity contribution in [2.45, 2.75) is 31.7 Å². The van der Waals surface area contributed by atoms with Crippen LogP contribution < -0.4 is 10.0 Å². The fraction of sp³-hybridized carbons (Fsp3) is 0.222. The summed E-state index contributed by atoms with van der Waals surface area (Å²) in [6, 6.07) is 11.8. The number of hydrogen-bond donors (Lipinski definition) is 2. The molecule has 2 rings (SSSR count). The molecule has 0 bridgehead atoms. The second-order valence-electron chi connectivity index (χ2n) is 5.78. The van der Waals surface area contributed by atoms with Gasteiger partial charge in [0.1, 0.15) is 0 Å². The normalized spacial score (nSPS) is 12.4. The molecule has 0 fully saturated rings. The predicted octanol–water partition coefficient (Wildman–Crippen LogP) is 2.50. The van der Waals surface area contributed by atoms with Crippen molar-refractivity contribution in [2.75, 3.05) is 5.32 Å². The highest BCUT2D eigenvalue weighted by molar-refractivity contribution is 7.89. The van der Waals surface area contributed by atoms with Crippen molar-refractivity contribution >= 4 is 27.4 Å². The molecule has 0 aliphatic carbocycles. The molecular formula is C18H20N2O4S. The molecule has 1 amide bonds. The van der Waals surface area contributed by atoms with Gasteiger partial charge in [-0.3, -0.25) is 9.59 Å². The molecule has 0 radical (unpaired) electrons. The van der Waals surface area contributed by atoms with E-state index in [-0.39, 0.29) is 10.7 Å². The molecule has 0 spiro atoms. The van der Waals surface area contributed by atoms with E-state index in [1.165, 1.54) is 38.1 Å². The number of amides is 1. The van der Waals surface area contributed by atoms with Gasteiger partial charge >= 0.3 is 0 Å². The summed E-state index contributed by atoms with van der Waals surface area (Å²) in [5.74, 6) is -0.614.